The van der Waals surface area contributed by atoms with Crippen LogP contribution in [0.15, 0.2) is 30.7 Å². The van der Waals surface area contributed by atoms with Gasteiger partial charge in [0.15, 0.2) is 23.0 Å². The van der Waals surface area contributed by atoms with Gasteiger partial charge in [-0.15, -0.1) is 0 Å². The fourth-order valence-corrected chi connectivity index (χ4v) is 7.26. The first-order valence-corrected chi connectivity index (χ1v) is 16.7. The number of aromatic nitrogens is 6. The summed E-state index contributed by atoms with van der Waals surface area (Å²) in [6.45, 7) is 16.5. The van der Waals surface area contributed by atoms with Gasteiger partial charge >= 0.3 is 0 Å². The van der Waals surface area contributed by atoms with Crippen LogP contribution in [0.25, 0.3) is 44.0 Å². The van der Waals surface area contributed by atoms with Crippen molar-refractivity contribution in [1.29, 1.82) is 5.26 Å². The van der Waals surface area contributed by atoms with Crippen LogP contribution in [0.3, 0.4) is 0 Å². The number of likely N-dealkylation sites (N-methyl/N-ethyl adjacent to an activating group) is 1. The van der Waals surface area contributed by atoms with Crippen LogP contribution in [0, 0.1) is 37.9 Å². The molecule has 0 bridgehead atoms. The SMILES string of the molecule is C=C(F)C(=O)N1CCCC[C@H]1CC#N.CCN(C)C1(C)CN(c2nc3c(F)c(-c4c(C)c(C)cc5[nH]ncc45)c(C)cc3c3n[nH]nc23)C1.[HH]. The van der Waals surface area contributed by atoms with E-state index in [9.17, 15) is 9.18 Å². The van der Waals surface area contributed by atoms with Crippen molar-refractivity contribution in [3.63, 3.8) is 0 Å². The number of aromatic amines is 2. The van der Waals surface area contributed by atoms with Gasteiger partial charge in [-0.3, -0.25) is 14.8 Å². The molecule has 2 aliphatic heterocycles. The van der Waals surface area contributed by atoms with Crippen LogP contribution >= 0.6 is 0 Å². The number of piperidine rings is 1. The third kappa shape index (κ3) is 5.88. The molecule has 0 spiro atoms. The predicted molar refractivity (Wildman–Crippen MR) is 189 cm³/mol. The Hall–Kier alpha value is -4.96. The maximum Gasteiger partial charge on any atom is 0.282 e. The lowest BCUT2D eigenvalue weighted by Crippen LogP contribution is -2.68. The molecule has 2 fully saturated rings. The van der Waals surface area contributed by atoms with Gasteiger partial charge in [-0.1, -0.05) is 13.5 Å². The standard InChI is InChI=1S/C26H29FN8.C10H13FN2O.H2/c1-7-34(6)26(5)11-35(12-26)25-24-23(31-33-32-24)16-8-14(3)19(21(27)22(16)29-25)20-15(4)13(2)9-18-17(20)10-28-30-18;1-8(11)10(14)13-7-3-2-4-9(13)5-6-12;/h8-10H,7,11-12H2,1-6H3,(H,28,30)(H,31,32,33);9H,1-5,7H2;1H/t;9-;/m.0./s1. The molecule has 0 saturated carbocycles. The van der Waals surface area contributed by atoms with E-state index in [-0.39, 0.29) is 25.2 Å². The van der Waals surface area contributed by atoms with Crippen LogP contribution in [0.2, 0.25) is 0 Å². The summed E-state index contributed by atoms with van der Waals surface area (Å²) >= 11 is 0. The van der Waals surface area contributed by atoms with Gasteiger partial charge in [0.1, 0.15) is 11.0 Å². The van der Waals surface area contributed by atoms with Crippen LogP contribution in [0.4, 0.5) is 14.6 Å². The molecule has 2 N–H and O–H groups in total. The van der Waals surface area contributed by atoms with Crippen LogP contribution in [-0.4, -0.2) is 91.1 Å². The first-order chi connectivity index (χ1) is 23.4. The monoisotopic (exact) mass is 670 g/mol. The van der Waals surface area contributed by atoms with E-state index in [2.05, 4.69) is 68.9 Å². The molecule has 5 aromatic rings. The second-order valence-electron chi connectivity index (χ2n) is 13.5. The van der Waals surface area contributed by atoms with Gasteiger partial charge in [-0.25, -0.2) is 13.8 Å². The third-order valence-corrected chi connectivity index (χ3v) is 10.4. The minimum absolute atomic E-state index is 0. The lowest BCUT2D eigenvalue weighted by Gasteiger charge is -2.53. The number of hydrogen-bond donors (Lipinski definition) is 2. The molecule has 11 nitrogen and oxygen atoms in total. The highest BCUT2D eigenvalue weighted by molar-refractivity contribution is 6.09. The Morgan fingerprint density at radius 2 is 1.88 bits per heavy atom. The van der Waals surface area contributed by atoms with E-state index in [4.69, 9.17) is 10.2 Å². The fourth-order valence-electron chi connectivity index (χ4n) is 7.26. The number of hydrogen-bond acceptors (Lipinski definition) is 8. The highest BCUT2D eigenvalue weighted by atomic mass is 19.1. The Morgan fingerprint density at radius 1 is 1.14 bits per heavy atom. The molecule has 1 amide bonds. The number of aryl methyl sites for hydroxylation is 2. The molecule has 2 saturated heterocycles. The minimum atomic E-state index is -0.935. The zero-order valence-electron chi connectivity index (χ0n) is 28.9. The lowest BCUT2D eigenvalue weighted by atomic mass is 9.89. The smallest absolute Gasteiger partial charge is 0.282 e. The topological polar surface area (TPSA) is 134 Å². The molecule has 13 heteroatoms. The summed E-state index contributed by atoms with van der Waals surface area (Å²) in [6.07, 6.45) is 4.70. The van der Waals surface area contributed by atoms with Crippen molar-refractivity contribution in [2.24, 2.45) is 0 Å². The van der Waals surface area contributed by atoms with Crippen molar-refractivity contribution in [1.82, 2.24) is 40.4 Å². The van der Waals surface area contributed by atoms with Gasteiger partial charge in [0.25, 0.3) is 5.91 Å². The van der Waals surface area contributed by atoms with Crippen LogP contribution < -0.4 is 4.90 Å². The summed E-state index contributed by atoms with van der Waals surface area (Å²) in [4.78, 5) is 22.1. The van der Waals surface area contributed by atoms with E-state index >= 15 is 4.39 Å². The summed E-state index contributed by atoms with van der Waals surface area (Å²) in [5.41, 5.74) is 6.93. The number of H-pyrrole nitrogens is 2. The van der Waals surface area contributed by atoms with Crippen molar-refractivity contribution in [2.45, 2.75) is 71.9 Å². The quantitative estimate of drug-likeness (QED) is 0.192. The highest BCUT2D eigenvalue weighted by Gasteiger charge is 2.43. The normalized spacial score (nSPS) is 17.3. The number of benzene rings is 2. The number of likely N-dealkylation sites (tertiary alicyclic amines) is 1. The summed E-state index contributed by atoms with van der Waals surface area (Å²) in [7, 11) is 2.13. The first kappa shape index (κ1) is 33.9. The molecule has 0 aliphatic carbocycles. The Morgan fingerprint density at radius 3 is 2.57 bits per heavy atom. The number of rotatable bonds is 6. The number of nitrogens with zero attached hydrogens (tertiary/aromatic N) is 8. The lowest BCUT2D eigenvalue weighted by molar-refractivity contribution is -0.132. The van der Waals surface area contributed by atoms with Gasteiger partial charge in [-0.05, 0) is 94.9 Å². The molecule has 258 valence electrons. The van der Waals surface area contributed by atoms with Crippen LogP contribution in [-0.2, 0) is 4.79 Å². The summed E-state index contributed by atoms with van der Waals surface area (Å²) in [5, 5.41) is 28.9. The molecule has 49 heavy (non-hydrogen) atoms. The van der Waals surface area contributed by atoms with Crippen molar-refractivity contribution in [3.05, 3.63) is 53.2 Å². The minimum Gasteiger partial charge on any atom is -0.351 e. The van der Waals surface area contributed by atoms with E-state index < -0.39 is 11.7 Å². The largest absolute Gasteiger partial charge is 0.351 e. The van der Waals surface area contributed by atoms with Gasteiger partial charge in [0.2, 0.25) is 0 Å². The second kappa shape index (κ2) is 13.2. The maximum absolute atomic E-state index is 16.5. The van der Waals surface area contributed by atoms with Gasteiger partial charge < -0.3 is 9.80 Å². The Bertz CT molecular complexity index is 2130. The maximum atomic E-state index is 16.5. The molecular weight excluding hydrogens is 626 g/mol. The Kier molecular flexibility index (Phi) is 9.11. The number of carbonyl (C=O) groups is 1. The molecule has 1 atom stereocenters. The van der Waals surface area contributed by atoms with Crippen LogP contribution in [0.1, 0.15) is 57.6 Å². The highest BCUT2D eigenvalue weighted by Crippen LogP contribution is 2.42. The van der Waals surface area contributed by atoms with Gasteiger partial charge in [0.05, 0.1) is 29.7 Å². The molecule has 2 aliphatic rings. The van der Waals surface area contributed by atoms with Crippen molar-refractivity contribution in [2.75, 3.05) is 38.1 Å². The molecule has 5 heterocycles. The zero-order chi connectivity index (χ0) is 35.2. The van der Waals surface area contributed by atoms with Crippen LogP contribution in [0.5, 0.6) is 0 Å². The van der Waals surface area contributed by atoms with E-state index in [0.717, 1.165) is 72.1 Å². The van der Waals surface area contributed by atoms with Gasteiger partial charge in [0, 0.05) is 43.4 Å². The average Bonchev–Trinajstić information content (AvgIpc) is 3.75. The number of nitriles is 1. The van der Waals surface area contributed by atoms with Gasteiger partial charge in [-0.2, -0.15) is 25.8 Å². The predicted octanol–water partition coefficient (Wildman–Crippen LogP) is 6.65. The van der Waals surface area contributed by atoms with E-state index in [1.807, 2.05) is 32.9 Å². The van der Waals surface area contributed by atoms with E-state index in [1.54, 1.807) is 6.20 Å². The number of nitrogens with one attached hydrogen (secondary N) is 2. The summed E-state index contributed by atoms with van der Waals surface area (Å²) in [6, 6.07) is 5.92. The molecule has 3 aromatic heterocycles. The number of amides is 1. The molecule has 2 aromatic carbocycles. The molecule has 0 unspecified atom stereocenters. The fraction of sp³-hybridized carbons (Fsp3) is 0.444. The second-order valence-corrected chi connectivity index (χ2v) is 13.5. The number of pyridine rings is 1. The summed E-state index contributed by atoms with van der Waals surface area (Å²) in [5.74, 6) is -1.26. The first-order valence-electron chi connectivity index (χ1n) is 16.7. The van der Waals surface area contributed by atoms with Crippen molar-refractivity contribution >= 4 is 44.6 Å². The van der Waals surface area contributed by atoms with E-state index in [1.165, 1.54) is 4.90 Å². The summed E-state index contributed by atoms with van der Waals surface area (Å²) < 4.78 is 29.1. The van der Waals surface area contributed by atoms with E-state index in [0.29, 0.717) is 39.9 Å². The molecular formula is C36H44F2N10O. The molecule has 7 rings (SSSR count). The average molecular weight is 671 g/mol. The Balaban J connectivity index is 0.000000275. The number of carbonyl (C=O) groups excluding carboxylic acids is 1. The zero-order valence-corrected chi connectivity index (χ0v) is 28.9. The number of halogens is 2. The molecule has 0 radical (unpaired) electrons. The number of anilines is 1. The Labute approximate surface area is 285 Å². The van der Waals surface area contributed by atoms with Crippen molar-refractivity contribution in [3.8, 4) is 17.2 Å². The number of fused-ring (bicyclic) bond motifs is 4. The van der Waals surface area contributed by atoms with Crippen molar-refractivity contribution < 1.29 is 15.0 Å². The third-order valence-electron chi connectivity index (χ3n) is 10.4.